The first-order valence-corrected chi connectivity index (χ1v) is 27.3. The molecule has 9 heteroatoms. The zero-order valence-electron chi connectivity index (χ0n) is 43.1. The van der Waals surface area contributed by atoms with Crippen molar-refractivity contribution in [3.05, 3.63) is 97.2 Å². The lowest BCUT2D eigenvalue weighted by Crippen LogP contribution is -2.59. The summed E-state index contributed by atoms with van der Waals surface area (Å²) >= 11 is 0. The van der Waals surface area contributed by atoms with Crippen LogP contribution in [0.25, 0.3) is 0 Å². The molecule has 0 aromatic carbocycles. The Bertz CT molecular complexity index is 1360. The Morgan fingerprint density at radius 2 is 0.897 bits per heavy atom. The maximum Gasteiger partial charge on any atom is 0.306 e. The fraction of sp³-hybridized carbons (Fsp3) is 0.712. The number of hydrogen-bond acceptors (Lipinski definition) is 9. The van der Waals surface area contributed by atoms with Crippen LogP contribution >= 0.6 is 0 Å². The Labute approximate surface area is 415 Å². The SMILES string of the molecule is CC/C=C\C/C=C\C/C=C\C/C=C\C/C=C\CCCCCCCCOCC(COC1OC(CO)C(O)C(O)C1O)OC(=O)CCCCCCCCCC/C=C\C/C=C\C/C=C\CCCCCCC. The van der Waals surface area contributed by atoms with Crippen molar-refractivity contribution in [1.29, 1.82) is 0 Å². The number of aliphatic hydroxyl groups excluding tert-OH is 4. The monoisotopic (exact) mass is 953 g/mol. The number of esters is 1. The lowest BCUT2D eigenvalue weighted by atomic mass is 9.99. The van der Waals surface area contributed by atoms with Crippen LogP contribution in [0.2, 0.25) is 0 Å². The highest BCUT2D eigenvalue weighted by Gasteiger charge is 2.44. The highest BCUT2D eigenvalue weighted by molar-refractivity contribution is 5.69. The van der Waals surface area contributed by atoms with Crippen LogP contribution in [0.15, 0.2) is 97.2 Å². The third-order valence-corrected chi connectivity index (χ3v) is 12.0. The zero-order valence-corrected chi connectivity index (χ0v) is 43.1. The summed E-state index contributed by atoms with van der Waals surface area (Å²) in [5, 5.41) is 40.3. The first-order valence-electron chi connectivity index (χ1n) is 27.3. The molecule has 0 saturated carbocycles. The molecular formula is C59H100O9. The third-order valence-electron chi connectivity index (χ3n) is 12.0. The van der Waals surface area contributed by atoms with Crippen molar-refractivity contribution in [1.82, 2.24) is 0 Å². The fourth-order valence-electron chi connectivity index (χ4n) is 7.76. The summed E-state index contributed by atoms with van der Waals surface area (Å²) in [7, 11) is 0. The minimum atomic E-state index is -1.55. The second-order valence-corrected chi connectivity index (χ2v) is 18.3. The molecule has 1 heterocycles. The molecule has 1 aliphatic rings. The number of unbranched alkanes of at least 4 members (excludes halogenated alkanes) is 19. The van der Waals surface area contributed by atoms with E-state index in [4.69, 9.17) is 18.9 Å². The van der Waals surface area contributed by atoms with Crippen LogP contribution in [0.3, 0.4) is 0 Å². The molecule has 1 saturated heterocycles. The van der Waals surface area contributed by atoms with Gasteiger partial charge in [0.2, 0.25) is 0 Å². The van der Waals surface area contributed by atoms with Crippen LogP contribution in [0.1, 0.15) is 206 Å². The maximum absolute atomic E-state index is 12.9. The average Bonchev–Trinajstić information content (AvgIpc) is 3.34. The van der Waals surface area contributed by atoms with E-state index >= 15 is 0 Å². The number of rotatable bonds is 46. The Morgan fingerprint density at radius 1 is 0.485 bits per heavy atom. The van der Waals surface area contributed by atoms with Crippen molar-refractivity contribution in [2.24, 2.45) is 0 Å². The van der Waals surface area contributed by atoms with Gasteiger partial charge < -0.3 is 39.4 Å². The van der Waals surface area contributed by atoms with E-state index in [1.54, 1.807) is 0 Å². The van der Waals surface area contributed by atoms with E-state index in [9.17, 15) is 25.2 Å². The van der Waals surface area contributed by atoms with Crippen LogP contribution in [0, 0.1) is 0 Å². The summed E-state index contributed by atoms with van der Waals surface area (Å²) in [6.45, 7) is 4.39. The second-order valence-electron chi connectivity index (χ2n) is 18.3. The van der Waals surface area contributed by atoms with Gasteiger partial charge in [0.1, 0.15) is 30.5 Å². The summed E-state index contributed by atoms with van der Waals surface area (Å²) in [4.78, 5) is 12.9. The molecule has 0 aliphatic carbocycles. The largest absolute Gasteiger partial charge is 0.457 e. The van der Waals surface area contributed by atoms with E-state index in [1.165, 1.54) is 83.5 Å². The molecule has 4 N–H and O–H groups in total. The van der Waals surface area contributed by atoms with E-state index < -0.39 is 43.4 Å². The Kier molecular flexibility index (Phi) is 45.6. The number of carbonyl (C=O) groups is 1. The van der Waals surface area contributed by atoms with E-state index in [1.807, 2.05) is 0 Å². The Morgan fingerprint density at radius 3 is 1.35 bits per heavy atom. The van der Waals surface area contributed by atoms with Crippen molar-refractivity contribution in [2.75, 3.05) is 26.4 Å². The topological polar surface area (TPSA) is 135 Å². The van der Waals surface area contributed by atoms with Gasteiger partial charge in [-0.2, -0.15) is 0 Å². The average molecular weight is 953 g/mol. The molecular weight excluding hydrogens is 853 g/mol. The summed E-state index contributed by atoms with van der Waals surface area (Å²) < 4.78 is 22.9. The molecule has 0 amide bonds. The number of aliphatic hydroxyl groups is 4. The molecule has 0 radical (unpaired) electrons. The lowest BCUT2D eigenvalue weighted by molar-refractivity contribution is -0.305. The van der Waals surface area contributed by atoms with Gasteiger partial charge in [0.15, 0.2) is 6.29 Å². The van der Waals surface area contributed by atoms with E-state index in [0.29, 0.717) is 13.0 Å². The second kappa shape index (κ2) is 49.1. The van der Waals surface area contributed by atoms with Crippen molar-refractivity contribution in [2.45, 2.75) is 243 Å². The molecule has 1 rings (SSSR count). The quantitative estimate of drug-likeness (QED) is 0.0267. The third kappa shape index (κ3) is 38.9. The summed E-state index contributed by atoms with van der Waals surface area (Å²) in [5.41, 5.74) is 0. The van der Waals surface area contributed by atoms with Crippen LogP contribution in [0.5, 0.6) is 0 Å². The minimum absolute atomic E-state index is 0.125. The Balaban J connectivity index is 2.22. The first-order chi connectivity index (χ1) is 33.4. The number of allylic oxidation sites excluding steroid dienone is 16. The first kappa shape index (κ1) is 63.1. The molecule has 9 nitrogen and oxygen atoms in total. The normalized spacial score (nSPS) is 19.9. The van der Waals surface area contributed by atoms with Gasteiger partial charge in [-0.1, -0.05) is 201 Å². The van der Waals surface area contributed by atoms with Crippen molar-refractivity contribution < 1.29 is 44.2 Å². The number of hydrogen-bond donors (Lipinski definition) is 4. The molecule has 68 heavy (non-hydrogen) atoms. The van der Waals surface area contributed by atoms with Crippen LogP contribution in [-0.2, 0) is 23.7 Å². The van der Waals surface area contributed by atoms with E-state index in [2.05, 4.69) is 111 Å². The van der Waals surface area contributed by atoms with Crippen LogP contribution < -0.4 is 0 Å². The van der Waals surface area contributed by atoms with Crippen molar-refractivity contribution >= 4 is 5.97 Å². The van der Waals surface area contributed by atoms with Gasteiger partial charge in [0.05, 0.1) is 19.8 Å². The molecule has 390 valence electrons. The van der Waals surface area contributed by atoms with Gasteiger partial charge in [0.25, 0.3) is 0 Å². The summed E-state index contributed by atoms with van der Waals surface area (Å²) in [6, 6.07) is 0. The number of carbonyl (C=O) groups excluding carboxylic acids is 1. The van der Waals surface area contributed by atoms with Gasteiger partial charge in [-0.15, -0.1) is 0 Å². The predicted octanol–water partition coefficient (Wildman–Crippen LogP) is 13.9. The highest BCUT2D eigenvalue weighted by Crippen LogP contribution is 2.23. The molecule has 0 aromatic heterocycles. The standard InChI is InChI=1S/C59H100O9/c1-3-5-7-9-11-13-15-17-19-21-23-25-27-28-30-32-34-36-38-40-42-44-46-48-55(61)67-53(52-66-59-58(64)57(63)56(62)54(50-60)68-59)51-65-49-47-45-43-41-39-37-35-33-31-29-26-24-22-20-18-16-14-12-10-8-6-4-2/h6,8,12,14-15,17-18,20-21,23-24,26-28,31,33,53-54,56-60,62-64H,3-5,7,9-11,13,16,19,22,25,29-30,32,34-52H2,1-2H3/b8-6-,14-12-,17-15-,20-18-,23-21-,26-24-,28-27-,33-31-. The van der Waals surface area contributed by atoms with Gasteiger partial charge >= 0.3 is 5.97 Å². The molecule has 0 bridgehead atoms. The molecule has 0 spiro atoms. The van der Waals surface area contributed by atoms with Crippen LogP contribution in [0.4, 0.5) is 0 Å². The molecule has 1 aliphatic heterocycles. The smallest absolute Gasteiger partial charge is 0.306 e. The van der Waals surface area contributed by atoms with Crippen LogP contribution in [-0.4, -0.2) is 89.6 Å². The minimum Gasteiger partial charge on any atom is -0.457 e. The van der Waals surface area contributed by atoms with Gasteiger partial charge in [-0.05, 0) is 96.3 Å². The zero-order chi connectivity index (χ0) is 49.2. The van der Waals surface area contributed by atoms with Crippen molar-refractivity contribution in [3.63, 3.8) is 0 Å². The van der Waals surface area contributed by atoms with Gasteiger partial charge in [0, 0.05) is 13.0 Å². The van der Waals surface area contributed by atoms with Gasteiger partial charge in [-0.25, -0.2) is 0 Å². The predicted molar refractivity (Wildman–Crippen MR) is 283 cm³/mol. The fourth-order valence-corrected chi connectivity index (χ4v) is 7.76. The van der Waals surface area contributed by atoms with Gasteiger partial charge in [-0.3, -0.25) is 4.79 Å². The maximum atomic E-state index is 12.9. The van der Waals surface area contributed by atoms with Crippen molar-refractivity contribution in [3.8, 4) is 0 Å². The Hall–Kier alpha value is -2.89. The molecule has 0 aromatic rings. The molecule has 6 atom stereocenters. The lowest BCUT2D eigenvalue weighted by Gasteiger charge is -2.39. The number of ether oxygens (including phenoxy) is 4. The summed E-state index contributed by atoms with van der Waals surface area (Å²) in [6.07, 6.45) is 61.5. The highest BCUT2D eigenvalue weighted by atomic mass is 16.7. The summed E-state index contributed by atoms with van der Waals surface area (Å²) in [5.74, 6) is -0.329. The molecule has 1 fully saturated rings. The van der Waals surface area contributed by atoms with E-state index in [0.717, 1.165) is 103 Å². The van der Waals surface area contributed by atoms with E-state index in [-0.39, 0.29) is 19.2 Å². The molecule has 6 unspecified atom stereocenters.